The molecule has 70 heavy (non-hydrogen) atoms. The maximum atomic E-state index is 13.0. The first-order valence-electron chi connectivity index (χ1n) is 21.4. The first-order valence-corrected chi connectivity index (χ1v) is 22.2. The van der Waals surface area contributed by atoms with Gasteiger partial charge < -0.3 is 25.6 Å². The van der Waals surface area contributed by atoms with Crippen LogP contribution in [0.25, 0.3) is 45.3 Å². The van der Waals surface area contributed by atoms with Crippen LogP contribution in [-0.2, 0) is 31.5 Å². The summed E-state index contributed by atoms with van der Waals surface area (Å²) in [6.45, 7) is 6.69. The minimum atomic E-state index is -4.48. The normalized spacial score (nSPS) is 14.4. The van der Waals surface area contributed by atoms with Crippen LogP contribution in [0.4, 0.5) is 38.0 Å². The van der Waals surface area contributed by atoms with Gasteiger partial charge in [0, 0.05) is 107 Å². The number of hydrogen-bond acceptors (Lipinski definition) is 15. The number of alkyl halides is 6. The van der Waals surface area contributed by atoms with E-state index < -0.39 is 35.4 Å². The Balaban J connectivity index is 0.000000203. The number of aromatic nitrogens is 8. The molecule has 6 aromatic rings. The number of esters is 2. The highest BCUT2D eigenvalue weighted by Crippen LogP contribution is 2.37. The lowest BCUT2D eigenvalue weighted by Crippen LogP contribution is -2.44. The van der Waals surface area contributed by atoms with Crippen LogP contribution in [0, 0.1) is 0 Å². The van der Waals surface area contributed by atoms with E-state index in [4.69, 9.17) is 38.9 Å². The van der Waals surface area contributed by atoms with Gasteiger partial charge in [0.15, 0.2) is 0 Å². The zero-order valence-electron chi connectivity index (χ0n) is 37.6. The van der Waals surface area contributed by atoms with E-state index in [0.29, 0.717) is 68.7 Å². The first-order chi connectivity index (χ1) is 33.2. The Morgan fingerprint density at radius 2 is 1.01 bits per heavy atom. The van der Waals surface area contributed by atoms with Gasteiger partial charge in [-0.05, 0) is 62.1 Å². The monoisotopic (exact) mass is 1010 g/mol. The van der Waals surface area contributed by atoms with E-state index in [1.54, 1.807) is 36.9 Å². The maximum absolute atomic E-state index is 13.0. The van der Waals surface area contributed by atoms with Crippen molar-refractivity contribution in [3.63, 3.8) is 0 Å². The second-order valence-electron chi connectivity index (χ2n) is 15.8. The van der Waals surface area contributed by atoms with Crippen molar-refractivity contribution in [1.82, 2.24) is 45.2 Å². The maximum Gasteiger partial charge on any atom is 0.417 e. The van der Waals surface area contributed by atoms with Gasteiger partial charge in [-0.3, -0.25) is 34.3 Å². The number of piperidine rings is 2. The van der Waals surface area contributed by atoms with Crippen molar-refractivity contribution in [2.45, 2.75) is 70.9 Å². The van der Waals surface area contributed by atoms with Gasteiger partial charge in [-0.2, -0.15) is 26.3 Å². The quantitative estimate of drug-likeness (QED) is 0.0871. The van der Waals surface area contributed by atoms with Crippen molar-refractivity contribution in [2.75, 3.05) is 36.0 Å². The molecule has 0 radical (unpaired) electrons. The summed E-state index contributed by atoms with van der Waals surface area (Å²) < 4.78 is 81.5. The number of nitrogens with zero attached hydrogens (tertiary/aromatic N) is 10. The van der Waals surface area contributed by atoms with Crippen molar-refractivity contribution in [3.8, 4) is 45.3 Å². The Morgan fingerprint density at radius 1 is 0.600 bits per heavy atom. The SMILES string of the molecule is CC(=O)NC1CCN(c2cnc(-c3ccc(C(F)(F)F)cn3)c(-c3ccncc3Cl)n2)CC1.CC(=O)OC(C)=O.NC1CCN(c2cnc(-c3ccc(C(F)(F)F)cn3)c(-c3ccncc3Cl)n2)CC1. The van der Waals surface area contributed by atoms with Crippen LogP contribution in [0.5, 0.6) is 0 Å². The van der Waals surface area contributed by atoms with Gasteiger partial charge in [-0.25, -0.2) is 19.9 Å². The van der Waals surface area contributed by atoms with Gasteiger partial charge in [-0.15, -0.1) is 0 Å². The van der Waals surface area contributed by atoms with Crippen LogP contribution in [0.2, 0.25) is 10.0 Å². The predicted molar refractivity (Wildman–Crippen MR) is 248 cm³/mol. The number of carbonyl (C=O) groups excluding carboxylic acids is 3. The number of pyridine rings is 4. The lowest BCUT2D eigenvalue weighted by molar-refractivity contribution is -0.156. The minimum absolute atomic E-state index is 0.0590. The number of halogens is 8. The van der Waals surface area contributed by atoms with Gasteiger partial charge in [0.25, 0.3) is 0 Å². The molecule has 8 heterocycles. The summed E-state index contributed by atoms with van der Waals surface area (Å²) in [6.07, 6.45) is 5.06. The third-order valence-corrected chi connectivity index (χ3v) is 11.2. The Labute approximate surface area is 407 Å². The second kappa shape index (κ2) is 23.1. The van der Waals surface area contributed by atoms with Crippen LogP contribution in [0.1, 0.15) is 57.6 Å². The highest BCUT2D eigenvalue weighted by atomic mass is 35.5. The highest BCUT2D eigenvalue weighted by Gasteiger charge is 2.32. The third kappa shape index (κ3) is 14.1. The standard InChI is InChI=1S/C22H20ClF3N6O.C20H18ClF3N6.C4H6O3/c1-13(33)30-15-5-8-32(9-6-15)19-12-29-21(18-3-2-14(10-28-18)22(24,25)26)20(31-19)16-4-7-27-11-17(16)23;21-15-10-26-6-3-14(15)18-19(16-2-1-12(9-27-16)20(22,23)24)28-11-17(29-18)30-7-4-13(25)5-8-30;1-3(5)7-4(2)6/h2-4,7,10-12,15H,5-6,8-9H2,1H3,(H,30,33);1-3,6,9-11,13H,4-5,7-8,25H2;1-2H3. The second-order valence-corrected chi connectivity index (χ2v) is 16.6. The van der Waals surface area contributed by atoms with E-state index in [1.165, 1.54) is 45.3 Å². The molecule has 0 aliphatic carbocycles. The molecule has 0 atom stereocenters. The molecule has 8 rings (SSSR count). The molecule has 2 aliphatic heterocycles. The van der Waals surface area contributed by atoms with E-state index >= 15 is 0 Å². The molecule has 6 aromatic heterocycles. The number of amides is 1. The zero-order valence-corrected chi connectivity index (χ0v) is 39.1. The molecule has 0 aromatic carbocycles. The van der Waals surface area contributed by atoms with Gasteiger partial charge in [0.2, 0.25) is 5.91 Å². The number of anilines is 2. The molecule has 0 unspecified atom stereocenters. The van der Waals surface area contributed by atoms with Crippen LogP contribution < -0.4 is 20.9 Å². The molecule has 3 N–H and O–H groups in total. The van der Waals surface area contributed by atoms with Crippen LogP contribution in [0.3, 0.4) is 0 Å². The first kappa shape index (κ1) is 52.5. The Kier molecular flexibility index (Phi) is 17.3. The minimum Gasteiger partial charge on any atom is -0.394 e. The van der Waals surface area contributed by atoms with Gasteiger partial charge in [0.1, 0.15) is 34.4 Å². The number of carbonyl (C=O) groups is 3. The summed E-state index contributed by atoms with van der Waals surface area (Å²) in [4.78, 5) is 69.5. The van der Waals surface area contributed by atoms with E-state index in [-0.39, 0.29) is 29.4 Å². The van der Waals surface area contributed by atoms with Crippen LogP contribution >= 0.6 is 23.2 Å². The fourth-order valence-corrected chi connectivity index (χ4v) is 7.64. The Bertz CT molecular complexity index is 2760. The largest absolute Gasteiger partial charge is 0.417 e. The molecular formula is C46H44Cl2F6N12O4. The lowest BCUT2D eigenvalue weighted by atomic mass is 10.0. The molecule has 1 amide bonds. The van der Waals surface area contributed by atoms with E-state index in [0.717, 1.165) is 63.3 Å². The van der Waals surface area contributed by atoms with Crippen molar-refractivity contribution in [1.29, 1.82) is 0 Å². The Hall–Kier alpha value is -6.91. The summed E-state index contributed by atoms with van der Waals surface area (Å²) in [5.41, 5.74) is 7.43. The molecule has 2 aliphatic rings. The summed E-state index contributed by atoms with van der Waals surface area (Å²) in [7, 11) is 0. The fraction of sp³-hybridized carbons (Fsp3) is 0.326. The van der Waals surface area contributed by atoms with Gasteiger partial charge in [-0.1, -0.05) is 23.2 Å². The van der Waals surface area contributed by atoms with Crippen molar-refractivity contribution in [3.05, 3.63) is 107 Å². The molecule has 24 heteroatoms. The average Bonchev–Trinajstić information content (AvgIpc) is 3.31. The topological polar surface area (TPSA) is 208 Å². The highest BCUT2D eigenvalue weighted by molar-refractivity contribution is 6.33. The number of hydrogen-bond donors (Lipinski definition) is 2. The molecule has 368 valence electrons. The smallest absolute Gasteiger partial charge is 0.394 e. The predicted octanol–water partition coefficient (Wildman–Crippen LogP) is 8.67. The molecule has 2 saturated heterocycles. The molecule has 0 spiro atoms. The molecule has 0 saturated carbocycles. The molecule has 2 fully saturated rings. The number of nitrogens with two attached hydrogens (primary N) is 1. The summed E-state index contributed by atoms with van der Waals surface area (Å²) in [6, 6.07) is 8.12. The molecule has 16 nitrogen and oxygen atoms in total. The van der Waals surface area contributed by atoms with Crippen molar-refractivity contribution in [2.24, 2.45) is 5.73 Å². The van der Waals surface area contributed by atoms with Gasteiger partial charge in [0.05, 0.1) is 45.0 Å². The number of nitrogens with one attached hydrogen (secondary N) is 1. The Morgan fingerprint density at radius 3 is 1.34 bits per heavy atom. The average molecular weight is 1010 g/mol. The summed E-state index contributed by atoms with van der Waals surface area (Å²) >= 11 is 12.7. The molecular weight excluding hydrogens is 969 g/mol. The summed E-state index contributed by atoms with van der Waals surface area (Å²) in [5.74, 6) is 0.0755. The van der Waals surface area contributed by atoms with Crippen molar-refractivity contribution < 1.29 is 45.5 Å². The number of rotatable bonds is 7. The van der Waals surface area contributed by atoms with Crippen LogP contribution in [-0.4, -0.2) is 96.0 Å². The van der Waals surface area contributed by atoms with Gasteiger partial charge >= 0.3 is 24.3 Å². The zero-order chi connectivity index (χ0) is 50.8. The van der Waals surface area contributed by atoms with E-state index in [9.17, 15) is 40.7 Å². The van der Waals surface area contributed by atoms with Crippen LogP contribution in [0.15, 0.2) is 86.0 Å². The van der Waals surface area contributed by atoms with E-state index in [1.807, 2.05) is 4.90 Å². The third-order valence-electron chi connectivity index (χ3n) is 10.6. The lowest BCUT2D eigenvalue weighted by Gasteiger charge is -2.33. The fourth-order valence-electron chi connectivity index (χ4n) is 7.22. The van der Waals surface area contributed by atoms with Crippen molar-refractivity contribution >= 4 is 52.7 Å². The number of ether oxygens (including phenoxy) is 1. The summed E-state index contributed by atoms with van der Waals surface area (Å²) in [5, 5.41) is 3.62. The van der Waals surface area contributed by atoms with E-state index in [2.05, 4.69) is 44.9 Å². The molecule has 0 bridgehead atoms.